The molecular formula is C27H22N6. The maximum absolute atomic E-state index is 4.71. The van der Waals surface area contributed by atoms with Crippen LogP contribution in [0.15, 0.2) is 84.9 Å². The van der Waals surface area contributed by atoms with Gasteiger partial charge in [0.05, 0.1) is 0 Å². The zero-order valence-corrected chi connectivity index (χ0v) is 18.5. The maximum Gasteiger partial charge on any atom is 0.121 e. The van der Waals surface area contributed by atoms with Crippen LogP contribution in [-0.4, -0.2) is 30.0 Å². The highest BCUT2D eigenvalue weighted by Gasteiger charge is 2.17. The Hall–Kier alpha value is -4.32. The molecule has 0 unspecified atom stereocenters. The average Bonchev–Trinajstić information content (AvgIpc) is 3.43. The third-order valence-electron chi connectivity index (χ3n) is 6.00. The van der Waals surface area contributed by atoms with E-state index in [4.69, 9.17) is 10.2 Å². The second-order valence-corrected chi connectivity index (χ2v) is 8.23. The molecule has 0 spiro atoms. The fourth-order valence-corrected chi connectivity index (χ4v) is 4.48. The van der Waals surface area contributed by atoms with Gasteiger partial charge in [0.25, 0.3) is 0 Å². The molecule has 0 amide bonds. The van der Waals surface area contributed by atoms with E-state index in [-0.39, 0.29) is 0 Å². The number of nitrogens with zero attached hydrogens (tertiary/aromatic N) is 6. The van der Waals surface area contributed by atoms with Gasteiger partial charge in [0.2, 0.25) is 0 Å². The van der Waals surface area contributed by atoms with Crippen molar-refractivity contribution in [3.63, 3.8) is 0 Å². The molecule has 2 heterocycles. The first kappa shape index (κ1) is 19.4. The summed E-state index contributed by atoms with van der Waals surface area (Å²) < 4.78 is 0. The molecule has 0 aliphatic rings. The molecule has 6 nitrogen and oxygen atoms in total. The van der Waals surface area contributed by atoms with E-state index in [1.807, 2.05) is 50.5 Å². The normalized spacial score (nSPS) is 11.5. The first-order chi connectivity index (χ1) is 16.2. The van der Waals surface area contributed by atoms with Crippen molar-refractivity contribution >= 4 is 22.1 Å². The summed E-state index contributed by atoms with van der Waals surface area (Å²) in [5, 5.41) is 18.8. The molecular weight excluding hydrogens is 408 g/mol. The number of rotatable bonds is 4. The zero-order valence-electron chi connectivity index (χ0n) is 18.5. The van der Waals surface area contributed by atoms with Crippen LogP contribution < -0.4 is 0 Å². The topological polar surface area (TPSA) is 61.4 Å². The van der Waals surface area contributed by atoms with Crippen LogP contribution in [0.25, 0.3) is 44.3 Å². The summed E-state index contributed by atoms with van der Waals surface area (Å²) in [6.45, 7) is 0. The van der Waals surface area contributed by atoms with E-state index in [1.54, 1.807) is 9.59 Å². The summed E-state index contributed by atoms with van der Waals surface area (Å²) in [7, 11) is 3.74. The van der Waals surface area contributed by atoms with Crippen molar-refractivity contribution < 1.29 is 0 Å². The molecule has 0 bridgehead atoms. The number of aromatic nitrogens is 6. The van der Waals surface area contributed by atoms with Gasteiger partial charge >= 0.3 is 0 Å². The lowest BCUT2D eigenvalue weighted by Crippen LogP contribution is -1.95. The minimum atomic E-state index is 0.703. The largest absolute Gasteiger partial charge is 0.187 e. The Bertz CT molecular complexity index is 1470. The molecule has 0 N–H and O–H groups in total. The third kappa shape index (κ3) is 3.36. The van der Waals surface area contributed by atoms with Crippen molar-refractivity contribution in [3.8, 4) is 22.3 Å². The van der Waals surface area contributed by atoms with Gasteiger partial charge in [0.15, 0.2) is 0 Å². The van der Waals surface area contributed by atoms with Gasteiger partial charge in [-0.3, -0.25) is 0 Å². The second-order valence-electron chi connectivity index (χ2n) is 8.23. The summed E-state index contributed by atoms with van der Waals surface area (Å²) in [6.07, 6.45) is 0.703. The van der Waals surface area contributed by atoms with Gasteiger partial charge in [-0.05, 0) is 22.3 Å². The van der Waals surface area contributed by atoms with Crippen LogP contribution in [0.3, 0.4) is 0 Å². The van der Waals surface area contributed by atoms with Gasteiger partial charge in [-0.2, -0.15) is 30.0 Å². The highest BCUT2D eigenvalue weighted by atomic mass is 15.5. The third-order valence-corrected chi connectivity index (χ3v) is 6.00. The van der Waals surface area contributed by atoms with E-state index in [9.17, 15) is 0 Å². The van der Waals surface area contributed by atoms with Crippen LogP contribution in [0.5, 0.6) is 0 Å². The highest BCUT2D eigenvalue weighted by molar-refractivity contribution is 5.95. The van der Waals surface area contributed by atoms with E-state index in [2.05, 4.69) is 58.7 Å². The van der Waals surface area contributed by atoms with Gasteiger partial charge in [-0.15, -0.1) is 0 Å². The molecule has 6 aromatic rings. The standard InChI is InChI=1S/C27H22N6/c1-32-28-24-20(13-15-22(26(24)30-32)18-9-5-3-6-10-18)17-21-14-16-23(19-11-7-4-8-12-19)27-25(21)29-33(2)31-27/h3-16H,17H2,1-2H3. The number of hydrogen-bond donors (Lipinski definition) is 0. The molecule has 0 atom stereocenters. The van der Waals surface area contributed by atoms with Gasteiger partial charge in [0.1, 0.15) is 22.1 Å². The van der Waals surface area contributed by atoms with Gasteiger partial charge in [-0.25, -0.2) is 0 Å². The Balaban J connectivity index is 1.48. The lowest BCUT2D eigenvalue weighted by atomic mass is 9.95. The molecule has 160 valence electrons. The Morgan fingerprint density at radius 3 is 1.30 bits per heavy atom. The minimum absolute atomic E-state index is 0.703. The van der Waals surface area contributed by atoms with E-state index >= 15 is 0 Å². The fourth-order valence-electron chi connectivity index (χ4n) is 4.48. The van der Waals surface area contributed by atoms with Crippen LogP contribution in [0.4, 0.5) is 0 Å². The van der Waals surface area contributed by atoms with Crippen LogP contribution in [-0.2, 0) is 20.5 Å². The van der Waals surface area contributed by atoms with Crippen LogP contribution in [0, 0.1) is 0 Å². The predicted molar refractivity (Wildman–Crippen MR) is 131 cm³/mol. The lowest BCUT2D eigenvalue weighted by molar-refractivity contribution is 0.664. The van der Waals surface area contributed by atoms with E-state index in [0.29, 0.717) is 6.42 Å². The number of benzene rings is 4. The van der Waals surface area contributed by atoms with Crippen molar-refractivity contribution in [1.29, 1.82) is 0 Å². The molecule has 0 radical (unpaired) electrons. The van der Waals surface area contributed by atoms with Crippen LogP contribution in [0.1, 0.15) is 11.1 Å². The first-order valence-electron chi connectivity index (χ1n) is 10.9. The monoisotopic (exact) mass is 430 g/mol. The predicted octanol–water partition coefficient (Wildman–Crippen LogP) is 5.17. The second kappa shape index (κ2) is 7.67. The Labute approximate surface area is 191 Å². The number of fused-ring (bicyclic) bond motifs is 2. The molecule has 0 saturated heterocycles. The van der Waals surface area contributed by atoms with E-state index < -0.39 is 0 Å². The molecule has 0 fully saturated rings. The Morgan fingerprint density at radius 2 is 0.879 bits per heavy atom. The van der Waals surface area contributed by atoms with Crippen molar-refractivity contribution in [2.24, 2.45) is 14.1 Å². The van der Waals surface area contributed by atoms with Crippen molar-refractivity contribution in [3.05, 3.63) is 96.1 Å². The summed E-state index contributed by atoms with van der Waals surface area (Å²) >= 11 is 0. The lowest BCUT2D eigenvalue weighted by Gasteiger charge is -2.09. The molecule has 0 saturated carbocycles. The smallest absolute Gasteiger partial charge is 0.121 e. The Morgan fingerprint density at radius 1 is 0.485 bits per heavy atom. The highest BCUT2D eigenvalue weighted by Crippen LogP contribution is 2.33. The minimum Gasteiger partial charge on any atom is -0.187 e. The van der Waals surface area contributed by atoms with Crippen molar-refractivity contribution in [2.45, 2.75) is 6.42 Å². The summed E-state index contributed by atoms with van der Waals surface area (Å²) in [6, 6.07) is 29.3. The molecule has 6 rings (SSSR count). The molecule has 0 aliphatic carbocycles. The van der Waals surface area contributed by atoms with Crippen LogP contribution in [0.2, 0.25) is 0 Å². The first-order valence-corrected chi connectivity index (χ1v) is 10.9. The summed E-state index contributed by atoms with van der Waals surface area (Å²) in [5.41, 5.74) is 10.4. The quantitative estimate of drug-likeness (QED) is 0.387. The summed E-state index contributed by atoms with van der Waals surface area (Å²) in [5.74, 6) is 0. The number of aryl methyl sites for hydroxylation is 2. The van der Waals surface area contributed by atoms with Gasteiger partial charge in [0, 0.05) is 31.6 Å². The SMILES string of the molecule is Cn1nc2c(Cc3ccc(-c4ccccc4)c4nn(C)nc34)ccc(-c3ccccc3)c2n1. The average molecular weight is 431 g/mol. The maximum atomic E-state index is 4.71. The van der Waals surface area contributed by atoms with Crippen LogP contribution >= 0.6 is 0 Å². The van der Waals surface area contributed by atoms with Gasteiger partial charge < -0.3 is 0 Å². The molecule has 2 aromatic heterocycles. The zero-order chi connectivity index (χ0) is 22.4. The molecule has 6 heteroatoms. The van der Waals surface area contributed by atoms with Crippen molar-refractivity contribution in [1.82, 2.24) is 30.0 Å². The molecule has 33 heavy (non-hydrogen) atoms. The Kier molecular flexibility index (Phi) is 4.50. The summed E-state index contributed by atoms with van der Waals surface area (Å²) in [4.78, 5) is 3.30. The fraction of sp³-hybridized carbons (Fsp3) is 0.111. The molecule has 0 aliphatic heterocycles. The van der Waals surface area contributed by atoms with Crippen molar-refractivity contribution in [2.75, 3.05) is 0 Å². The molecule has 4 aromatic carbocycles. The number of hydrogen-bond acceptors (Lipinski definition) is 4. The van der Waals surface area contributed by atoms with E-state index in [1.165, 1.54) is 0 Å². The van der Waals surface area contributed by atoms with Gasteiger partial charge in [-0.1, -0.05) is 84.9 Å². The van der Waals surface area contributed by atoms with E-state index in [0.717, 1.165) is 55.4 Å².